The minimum atomic E-state index is -0.0660. The standard InChI is InChI=1S/C19H17N3O2/c1-13-7-9-16(10-8-13)22-12-15(11-17(22)23)19-20-18(21-24-19)14-5-3-2-4-6-14/h2-10,15H,11-12H2,1H3/t15-/m0/s1. The lowest BCUT2D eigenvalue weighted by atomic mass is 10.1. The predicted octanol–water partition coefficient (Wildman–Crippen LogP) is 3.57. The van der Waals surface area contributed by atoms with Gasteiger partial charge in [0.25, 0.3) is 0 Å². The van der Waals surface area contributed by atoms with E-state index in [9.17, 15) is 4.79 Å². The molecule has 1 aliphatic rings. The summed E-state index contributed by atoms with van der Waals surface area (Å²) < 4.78 is 5.41. The molecule has 1 atom stereocenters. The fourth-order valence-electron chi connectivity index (χ4n) is 2.95. The SMILES string of the molecule is Cc1ccc(N2C[C@@H](c3nc(-c4ccccc4)no3)CC2=O)cc1. The van der Waals surface area contributed by atoms with E-state index in [2.05, 4.69) is 10.1 Å². The van der Waals surface area contributed by atoms with Crippen molar-refractivity contribution in [2.24, 2.45) is 0 Å². The Morgan fingerprint density at radius 3 is 2.58 bits per heavy atom. The van der Waals surface area contributed by atoms with Crippen molar-refractivity contribution in [3.8, 4) is 11.4 Å². The molecule has 2 aromatic carbocycles. The number of hydrogen-bond acceptors (Lipinski definition) is 4. The van der Waals surface area contributed by atoms with Gasteiger partial charge in [0, 0.05) is 24.2 Å². The number of nitrogens with zero attached hydrogens (tertiary/aromatic N) is 3. The summed E-state index contributed by atoms with van der Waals surface area (Å²) in [4.78, 5) is 18.6. The van der Waals surface area contributed by atoms with Crippen LogP contribution in [0.2, 0.25) is 0 Å². The Morgan fingerprint density at radius 2 is 1.83 bits per heavy atom. The Bertz CT molecular complexity index is 856. The highest BCUT2D eigenvalue weighted by Gasteiger charge is 2.35. The van der Waals surface area contributed by atoms with Crippen LogP contribution in [0.5, 0.6) is 0 Å². The van der Waals surface area contributed by atoms with E-state index in [-0.39, 0.29) is 11.8 Å². The second-order valence-electron chi connectivity index (χ2n) is 6.06. The third-order valence-corrected chi connectivity index (χ3v) is 4.29. The lowest BCUT2D eigenvalue weighted by molar-refractivity contribution is -0.117. The summed E-state index contributed by atoms with van der Waals surface area (Å²) in [5, 5.41) is 4.05. The van der Waals surface area contributed by atoms with Gasteiger partial charge in [-0.3, -0.25) is 4.79 Å². The summed E-state index contributed by atoms with van der Waals surface area (Å²) in [6.07, 6.45) is 0.393. The van der Waals surface area contributed by atoms with E-state index in [0.717, 1.165) is 11.3 Å². The summed E-state index contributed by atoms with van der Waals surface area (Å²) in [5.74, 6) is 1.11. The van der Waals surface area contributed by atoms with Gasteiger partial charge in [-0.1, -0.05) is 53.2 Å². The van der Waals surface area contributed by atoms with Gasteiger partial charge in [-0.2, -0.15) is 4.98 Å². The van der Waals surface area contributed by atoms with E-state index in [1.54, 1.807) is 4.90 Å². The van der Waals surface area contributed by atoms with Gasteiger partial charge < -0.3 is 9.42 Å². The monoisotopic (exact) mass is 319 g/mol. The van der Waals surface area contributed by atoms with Crippen LogP contribution >= 0.6 is 0 Å². The molecule has 3 aromatic rings. The van der Waals surface area contributed by atoms with Gasteiger partial charge in [-0.15, -0.1) is 0 Å². The molecule has 4 rings (SSSR count). The van der Waals surface area contributed by atoms with Gasteiger partial charge in [0.15, 0.2) is 0 Å². The maximum absolute atomic E-state index is 12.4. The quantitative estimate of drug-likeness (QED) is 0.740. The molecule has 0 aliphatic carbocycles. The predicted molar refractivity (Wildman–Crippen MR) is 90.6 cm³/mol. The molecule has 0 spiro atoms. The molecule has 1 aliphatic heterocycles. The van der Waals surface area contributed by atoms with Crippen molar-refractivity contribution in [1.29, 1.82) is 0 Å². The second-order valence-corrected chi connectivity index (χ2v) is 6.06. The molecule has 0 saturated carbocycles. The molecule has 24 heavy (non-hydrogen) atoms. The molecular formula is C19H17N3O2. The van der Waals surface area contributed by atoms with Crippen LogP contribution in [0.3, 0.4) is 0 Å². The average Bonchev–Trinajstić information content (AvgIpc) is 3.23. The molecule has 0 radical (unpaired) electrons. The zero-order valence-corrected chi connectivity index (χ0v) is 13.3. The number of amides is 1. The van der Waals surface area contributed by atoms with Crippen molar-refractivity contribution < 1.29 is 9.32 Å². The van der Waals surface area contributed by atoms with Crippen molar-refractivity contribution in [2.45, 2.75) is 19.3 Å². The van der Waals surface area contributed by atoms with Crippen LogP contribution in [0.25, 0.3) is 11.4 Å². The van der Waals surface area contributed by atoms with Gasteiger partial charge >= 0.3 is 0 Å². The average molecular weight is 319 g/mol. The number of hydrogen-bond donors (Lipinski definition) is 0. The summed E-state index contributed by atoms with van der Waals surface area (Å²) in [6.45, 7) is 2.60. The molecule has 5 heteroatoms. The van der Waals surface area contributed by atoms with E-state index >= 15 is 0 Å². The van der Waals surface area contributed by atoms with Crippen molar-refractivity contribution in [3.05, 3.63) is 66.1 Å². The number of aryl methyl sites for hydroxylation is 1. The Kier molecular flexibility index (Phi) is 3.61. The van der Waals surface area contributed by atoms with E-state index in [4.69, 9.17) is 4.52 Å². The van der Waals surface area contributed by atoms with Crippen molar-refractivity contribution in [2.75, 3.05) is 11.4 Å². The summed E-state index contributed by atoms with van der Waals surface area (Å²) in [5.41, 5.74) is 2.99. The molecule has 5 nitrogen and oxygen atoms in total. The Hall–Kier alpha value is -2.95. The molecule has 120 valence electrons. The lowest BCUT2D eigenvalue weighted by Gasteiger charge is -2.16. The number of benzene rings is 2. The summed E-state index contributed by atoms with van der Waals surface area (Å²) >= 11 is 0. The molecule has 0 N–H and O–H groups in total. The van der Waals surface area contributed by atoms with Crippen molar-refractivity contribution in [3.63, 3.8) is 0 Å². The Morgan fingerprint density at radius 1 is 1.08 bits per heavy atom. The third-order valence-electron chi connectivity index (χ3n) is 4.29. The first-order chi connectivity index (χ1) is 11.7. The van der Waals surface area contributed by atoms with Crippen LogP contribution in [-0.2, 0) is 4.79 Å². The molecular weight excluding hydrogens is 302 g/mol. The molecule has 0 bridgehead atoms. The summed E-state index contributed by atoms with van der Waals surface area (Å²) in [7, 11) is 0. The van der Waals surface area contributed by atoms with Crippen LogP contribution in [0.1, 0.15) is 23.8 Å². The largest absolute Gasteiger partial charge is 0.339 e. The zero-order valence-electron chi connectivity index (χ0n) is 13.3. The first kappa shape index (κ1) is 14.6. The van der Waals surface area contributed by atoms with Crippen LogP contribution in [0, 0.1) is 6.92 Å². The highest BCUT2D eigenvalue weighted by atomic mass is 16.5. The zero-order chi connectivity index (χ0) is 16.5. The lowest BCUT2D eigenvalue weighted by Crippen LogP contribution is -2.24. The highest BCUT2D eigenvalue weighted by Crippen LogP contribution is 2.32. The van der Waals surface area contributed by atoms with Crippen LogP contribution in [0.15, 0.2) is 59.1 Å². The minimum absolute atomic E-state index is 0.0660. The number of carbonyl (C=O) groups is 1. The Balaban J connectivity index is 1.55. The van der Waals surface area contributed by atoms with Crippen molar-refractivity contribution >= 4 is 11.6 Å². The van der Waals surface area contributed by atoms with Crippen LogP contribution in [0.4, 0.5) is 5.69 Å². The maximum atomic E-state index is 12.4. The molecule has 1 amide bonds. The fourth-order valence-corrected chi connectivity index (χ4v) is 2.95. The molecule has 1 aromatic heterocycles. The van der Waals surface area contributed by atoms with E-state index in [0.29, 0.717) is 24.7 Å². The molecule has 1 fully saturated rings. The minimum Gasteiger partial charge on any atom is -0.339 e. The van der Waals surface area contributed by atoms with Gasteiger partial charge in [-0.25, -0.2) is 0 Å². The Labute approximate surface area is 139 Å². The van der Waals surface area contributed by atoms with E-state index in [1.807, 2.05) is 61.5 Å². The molecule has 1 saturated heterocycles. The molecule has 2 heterocycles. The third kappa shape index (κ3) is 2.69. The smallest absolute Gasteiger partial charge is 0.232 e. The van der Waals surface area contributed by atoms with Gasteiger partial charge in [0.1, 0.15) is 0 Å². The van der Waals surface area contributed by atoms with E-state index in [1.165, 1.54) is 5.56 Å². The van der Waals surface area contributed by atoms with Crippen LogP contribution in [-0.4, -0.2) is 22.6 Å². The highest BCUT2D eigenvalue weighted by molar-refractivity contribution is 5.96. The van der Waals surface area contributed by atoms with E-state index < -0.39 is 0 Å². The van der Waals surface area contributed by atoms with Gasteiger partial charge in [-0.05, 0) is 19.1 Å². The maximum Gasteiger partial charge on any atom is 0.232 e. The van der Waals surface area contributed by atoms with Gasteiger partial charge in [0.05, 0.1) is 5.92 Å². The van der Waals surface area contributed by atoms with Crippen molar-refractivity contribution in [1.82, 2.24) is 10.1 Å². The van der Waals surface area contributed by atoms with Crippen LogP contribution < -0.4 is 4.90 Å². The molecule has 0 unspecified atom stereocenters. The first-order valence-corrected chi connectivity index (χ1v) is 7.97. The first-order valence-electron chi connectivity index (χ1n) is 7.97. The fraction of sp³-hybridized carbons (Fsp3) is 0.211. The normalized spacial score (nSPS) is 17.5. The number of aromatic nitrogens is 2. The topological polar surface area (TPSA) is 59.2 Å². The summed E-state index contributed by atoms with van der Waals surface area (Å²) in [6, 6.07) is 17.6. The number of rotatable bonds is 3. The van der Waals surface area contributed by atoms with Gasteiger partial charge in [0.2, 0.25) is 17.6 Å². The second kappa shape index (κ2) is 5.92. The number of anilines is 1. The number of carbonyl (C=O) groups excluding carboxylic acids is 1.